The second kappa shape index (κ2) is 15.0. The van der Waals surface area contributed by atoms with Gasteiger partial charge in [-0.1, -0.05) is 101 Å². The summed E-state index contributed by atoms with van der Waals surface area (Å²) in [5.41, 5.74) is 3.76. The highest BCUT2D eigenvalue weighted by Crippen LogP contribution is 2.37. The van der Waals surface area contributed by atoms with Gasteiger partial charge in [0.1, 0.15) is 23.1 Å². The number of hydrogen-bond donors (Lipinski definition) is 1. The zero-order valence-corrected chi connectivity index (χ0v) is 29.0. The average Bonchev–Trinajstić information content (AvgIpc) is 3.47. The molecule has 0 aliphatic carbocycles. The summed E-state index contributed by atoms with van der Waals surface area (Å²) in [6.45, 7) is 10.8. The molecule has 0 spiro atoms. The number of nitrogens with one attached hydrogen (secondary N) is 1. The summed E-state index contributed by atoms with van der Waals surface area (Å²) in [4.78, 5) is 9.25. The second-order valence-corrected chi connectivity index (χ2v) is 17.1. The Morgan fingerprint density at radius 1 is 0.891 bits per heavy atom. The van der Waals surface area contributed by atoms with E-state index in [0.717, 1.165) is 53.0 Å². The number of fused-ring (bicyclic) bond motifs is 1. The van der Waals surface area contributed by atoms with Crippen LogP contribution in [-0.4, -0.2) is 54.9 Å². The molecule has 242 valence electrons. The Labute approximate surface area is 274 Å². The summed E-state index contributed by atoms with van der Waals surface area (Å²) in [5, 5.41) is 11.0. The average molecular weight is 638 g/mol. The molecule has 0 aliphatic rings. The Kier molecular flexibility index (Phi) is 10.9. The van der Waals surface area contributed by atoms with Crippen molar-refractivity contribution in [1.29, 1.82) is 0 Å². The Morgan fingerprint density at radius 2 is 1.59 bits per heavy atom. The van der Waals surface area contributed by atoms with E-state index in [-0.39, 0.29) is 11.1 Å². The van der Waals surface area contributed by atoms with Gasteiger partial charge in [-0.15, -0.1) is 0 Å². The molecule has 0 saturated heterocycles. The number of hydrogen-bond acceptors (Lipinski definition) is 7. The lowest BCUT2D eigenvalue weighted by Crippen LogP contribution is -2.66. The number of aromatic nitrogens is 4. The Hall–Kier alpha value is -4.05. The fraction of sp³-hybridized carbons (Fsp3) is 0.378. The van der Waals surface area contributed by atoms with Crippen LogP contribution in [0.25, 0.3) is 11.0 Å². The number of methoxy groups -OCH3 is 2. The monoisotopic (exact) mass is 637 g/mol. The van der Waals surface area contributed by atoms with Crippen LogP contribution in [-0.2, 0) is 22.3 Å². The van der Waals surface area contributed by atoms with Crippen LogP contribution in [0.3, 0.4) is 0 Å². The molecular weight excluding hydrogens is 591 g/mol. The van der Waals surface area contributed by atoms with Crippen molar-refractivity contribution in [3.05, 3.63) is 103 Å². The van der Waals surface area contributed by atoms with Crippen molar-refractivity contribution in [2.24, 2.45) is 0 Å². The van der Waals surface area contributed by atoms with Gasteiger partial charge in [0.2, 0.25) is 0 Å². The summed E-state index contributed by atoms with van der Waals surface area (Å²) in [6, 6.07) is 27.9. The maximum Gasteiger partial charge on any atom is 0.261 e. The van der Waals surface area contributed by atoms with E-state index in [1.807, 2.05) is 16.8 Å². The third kappa shape index (κ3) is 7.17. The van der Waals surface area contributed by atoms with E-state index >= 15 is 0 Å². The van der Waals surface area contributed by atoms with E-state index in [2.05, 4.69) is 105 Å². The fourth-order valence-corrected chi connectivity index (χ4v) is 11.0. The molecule has 1 atom stereocenters. The zero-order valence-electron chi connectivity index (χ0n) is 28.0. The van der Waals surface area contributed by atoms with Crippen molar-refractivity contribution in [2.45, 2.75) is 71.2 Å². The number of benzene rings is 3. The second-order valence-electron chi connectivity index (χ2n) is 12.8. The van der Waals surface area contributed by atoms with E-state index < -0.39 is 8.32 Å². The van der Waals surface area contributed by atoms with Crippen molar-refractivity contribution in [3.63, 3.8) is 0 Å². The Balaban J connectivity index is 1.41. The highest BCUT2D eigenvalue weighted by atomic mass is 28.4. The van der Waals surface area contributed by atoms with Crippen LogP contribution in [0.5, 0.6) is 5.75 Å². The summed E-state index contributed by atoms with van der Waals surface area (Å²) >= 11 is 0. The van der Waals surface area contributed by atoms with Crippen molar-refractivity contribution < 1.29 is 13.9 Å². The van der Waals surface area contributed by atoms with Gasteiger partial charge in [0.15, 0.2) is 5.82 Å². The molecule has 0 bridgehead atoms. The van der Waals surface area contributed by atoms with E-state index in [0.29, 0.717) is 19.8 Å². The summed E-state index contributed by atoms with van der Waals surface area (Å²) < 4.78 is 20.2. The van der Waals surface area contributed by atoms with Gasteiger partial charge in [-0.3, -0.25) is 4.68 Å². The van der Waals surface area contributed by atoms with Crippen LogP contribution in [0.2, 0.25) is 5.04 Å². The van der Waals surface area contributed by atoms with Crippen molar-refractivity contribution >= 4 is 35.5 Å². The minimum absolute atomic E-state index is 0.0731. The molecule has 5 aromatic rings. The first-order valence-corrected chi connectivity index (χ1v) is 18.0. The molecule has 2 heterocycles. The van der Waals surface area contributed by atoms with Gasteiger partial charge in [0.25, 0.3) is 8.32 Å². The first-order chi connectivity index (χ1) is 22.3. The number of nitrogens with zero attached hydrogens (tertiary/aromatic N) is 4. The third-order valence-corrected chi connectivity index (χ3v) is 13.6. The van der Waals surface area contributed by atoms with Crippen LogP contribution in [0.15, 0.2) is 91.4 Å². The normalized spacial score (nSPS) is 12.7. The molecule has 0 fully saturated rings. The molecular formula is C37H47N5O3Si. The van der Waals surface area contributed by atoms with Crippen molar-refractivity contribution in [3.8, 4) is 5.75 Å². The minimum atomic E-state index is -2.62. The van der Waals surface area contributed by atoms with Gasteiger partial charge in [-0.25, -0.2) is 9.97 Å². The van der Waals surface area contributed by atoms with Gasteiger partial charge >= 0.3 is 0 Å². The molecule has 46 heavy (non-hydrogen) atoms. The number of rotatable bonds is 15. The molecule has 0 aliphatic heterocycles. The first-order valence-electron chi connectivity index (χ1n) is 16.1. The van der Waals surface area contributed by atoms with Gasteiger partial charge in [0.05, 0.1) is 26.5 Å². The van der Waals surface area contributed by atoms with E-state index in [1.165, 1.54) is 10.4 Å². The van der Waals surface area contributed by atoms with Gasteiger partial charge < -0.3 is 19.2 Å². The quantitative estimate of drug-likeness (QED) is 0.130. The molecule has 9 heteroatoms. The largest absolute Gasteiger partial charge is 0.496 e. The van der Waals surface area contributed by atoms with E-state index in [9.17, 15) is 0 Å². The molecule has 1 N–H and O–H groups in total. The molecule has 0 saturated carbocycles. The molecule has 5 rings (SSSR count). The molecule has 0 radical (unpaired) electrons. The highest BCUT2D eigenvalue weighted by Gasteiger charge is 2.50. The maximum atomic E-state index is 7.24. The van der Waals surface area contributed by atoms with E-state index in [4.69, 9.17) is 24.0 Å². The van der Waals surface area contributed by atoms with Crippen molar-refractivity contribution in [1.82, 2.24) is 19.7 Å². The molecule has 8 nitrogen and oxygen atoms in total. The smallest absolute Gasteiger partial charge is 0.261 e. The maximum absolute atomic E-state index is 7.24. The molecule has 0 amide bonds. The molecule has 3 aromatic carbocycles. The first kappa shape index (κ1) is 33.3. The lowest BCUT2D eigenvalue weighted by atomic mass is 10.1. The standard InChI is InChI=1S/C37H47N5O3Si/c1-7-14-30(21-22-45-46(37(2,3)4,31-15-10-8-11-16-31)32-17-12-9-13-18-32)41-36-35-33(38-27-39-36)24-40-42(35)25-29-23-28(26-43-5)19-20-34(29)44-6/h8-13,15-20,23-24,27,30H,7,14,21-22,25-26H2,1-6H3,(H,38,39,41)/t30-/m0/s1. The third-order valence-electron chi connectivity index (χ3n) is 8.58. The number of ether oxygens (including phenoxy) is 2. The van der Waals surface area contributed by atoms with Gasteiger partial charge in [0, 0.05) is 25.3 Å². The number of anilines is 1. The summed E-state index contributed by atoms with van der Waals surface area (Å²) in [7, 11) is 0.767. The van der Waals surface area contributed by atoms with E-state index in [1.54, 1.807) is 26.7 Å². The predicted octanol–water partition coefficient (Wildman–Crippen LogP) is 6.58. The SMILES string of the molecule is CCC[C@@H](CCO[Si](c1ccccc1)(c1ccccc1)C(C)(C)C)Nc1ncnc2cnn(Cc3cc(COC)ccc3OC)c12. The zero-order chi connectivity index (χ0) is 32.6. The molecule has 0 unspecified atom stereocenters. The van der Waals surface area contributed by atoms with Gasteiger partial charge in [-0.05, 0) is 45.9 Å². The topological polar surface area (TPSA) is 83.3 Å². The van der Waals surface area contributed by atoms with Crippen molar-refractivity contribution in [2.75, 3.05) is 26.1 Å². The lowest BCUT2D eigenvalue weighted by molar-refractivity contribution is 0.184. The highest BCUT2D eigenvalue weighted by molar-refractivity contribution is 6.99. The Morgan fingerprint density at radius 3 is 2.20 bits per heavy atom. The van der Waals surface area contributed by atoms with Crippen LogP contribution in [0, 0.1) is 0 Å². The fourth-order valence-electron chi connectivity index (χ4n) is 6.47. The van der Waals surface area contributed by atoms with Crippen LogP contribution in [0.4, 0.5) is 5.82 Å². The van der Waals surface area contributed by atoms with Crippen LogP contribution >= 0.6 is 0 Å². The summed E-state index contributed by atoms with van der Waals surface area (Å²) in [6.07, 6.45) is 6.27. The van der Waals surface area contributed by atoms with Gasteiger partial charge in [-0.2, -0.15) is 5.10 Å². The minimum Gasteiger partial charge on any atom is -0.496 e. The molecule has 2 aromatic heterocycles. The van der Waals surface area contributed by atoms with Crippen LogP contribution in [0.1, 0.15) is 58.1 Å². The van der Waals surface area contributed by atoms with Crippen LogP contribution < -0.4 is 20.4 Å². The Bertz CT molecular complexity index is 1650. The lowest BCUT2D eigenvalue weighted by Gasteiger charge is -2.43. The predicted molar refractivity (Wildman–Crippen MR) is 189 cm³/mol. The summed E-state index contributed by atoms with van der Waals surface area (Å²) in [5.74, 6) is 1.58.